The van der Waals surface area contributed by atoms with Crippen LogP contribution >= 0.6 is 11.8 Å². The number of carbonyl (C=O) groups excluding carboxylic acids is 1. The minimum atomic E-state index is -0.206. The highest BCUT2D eigenvalue weighted by Gasteiger charge is 2.00. The predicted octanol–water partition coefficient (Wildman–Crippen LogP) is 3.30. The van der Waals surface area contributed by atoms with Crippen molar-refractivity contribution >= 4 is 23.5 Å². The van der Waals surface area contributed by atoms with Crippen molar-refractivity contribution in [2.24, 2.45) is 0 Å². The van der Waals surface area contributed by atoms with Gasteiger partial charge in [-0.15, -0.1) is 11.8 Å². The number of benzene rings is 1. The Morgan fingerprint density at radius 3 is 2.75 bits per heavy atom. The molecular weight excluding hydrogens is 270 g/mol. The number of aryl methyl sites for hydroxylation is 1. The highest BCUT2D eigenvalue weighted by molar-refractivity contribution is 7.99. The summed E-state index contributed by atoms with van der Waals surface area (Å²) >= 11 is 1.72. The van der Waals surface area contributed by atoms with Crippen LogP contribution in [0.15, 0.2) is 53.7 Å². The van der Waals surface area contributed by atoms with E-state index >= 15 is 0 Å². The SMILES string of the molecule is Cc1ccc(SCCNC(=O)Nc2cccnc2)cc1. The van der Waals surface area contributed by atoms with Crippen molar-refractivity contribution in [1.29, 1.82) is 0 Å². The molecule has 4 nitrogen and oxygen atoms in total. The summed E-state index contributed by atoms with van der Waals surface area (Å²) in [6.07, 6.45) is 3.28. The maximum absolute atomic E-state index is 11.6. The van der Waals surface area contributed by atoms with E-state index in [0.29, 0.717) is 12.2 Å². The third kappa shape index (κ3) is 4.93. The summed E-state index contributed by atoms with van der Waals surface area (Å²) in [4.78, 5) is 16.8. The first kappa shape index (κ1) is 14.4. The third-order valence-electron chi connectivity index (χ3n) is 2.60. The maximum Gasteiger partial charge on any atom is 0.319 e. The van der Waals surface area contributed by atoms with Gasteiger partial charge in [0.05, 0.1) is 11.9 Å². The average molecular weight is 287 g/mol. The number of hydrogen-bond acceptors (Lipinski definition) is 3. The second-order valence-electron chi connectivity index (χ2n) is 4.28. The third-order valence-corrected chi connectivity index (χ3v) is 3.61. The molecule has 2 aromatic rings. The number of aromatic nitrogens is 1. The quantitative estimate of drug-likeness (QED) is 0.655. The molecule has 0 aliphatic carbocycles. The standard InChI is InChI=1S/C15H17N3OS/c1-12-4-6-14(7-5-12)20-10-9-17-15(19)18-13-3-2-8-16-11-13/h2-8,11H,9-10H2,1H3,(H2,17,18,19). The van der Waals surface area contributed by atoms with Gasteiger partial charge in [-0.25, -0.2) is 4.79 Å². The largest absolute Gasteiger partial charge is 0.337 e. The number of nitrogens with one attached hydrogen (secondary N) is 2. The highest BCUT2D eigenvalue weighted by atomic mass is 32.2. The summed E-state index contributed by atoms with van der Waals surface area (Å²) < 4.78 is 0. The molecule has 2 N–H and O–H groups in total. The average Bonchev–Trinajstić information content (AvgIpc) is 2.46. The fourth-order valence-corrected chi connectivity index (χ4v) is 2.35. The molecule has 0 spiro atoms. The van der Waals surface area contributed by atoms with Crippen LogP contribution in [-0.4, -0.2) is 23.3 Å². The summed E-state index contributed by atoms with van der Waals surface area (Å²) in [7, 11) is 0. The maximum atomic E-state index is 11.6. The van der Waals surface area contributed by atoms with Gasteiger partial charge in [0.1, 0.15) is 0 Å². The molecule has 0 saturated heterocycles. The van der Waals surface area contributed by atoms with E-state index in [2.05, 4.69) is 46.8 Å². The van der Waals surface area contributed by atoms with Gasteiger partial charge in [0.2, 0.25) is 0 Å². The van der Waals surface area contributed by atoms with Gasteiger partial charge in [0.25, 0.3) is 0 Å². The van der Waals surface area contributed by atoms with Crippen molar-refractivity contribution in [2.45, 2.75) is 11.8 Å². The van der Waals surface area contributed by atoms with Crippen LogP contribution in [-0.2, 0) is 0 Å². The van der Waals surface area contributed by atoms with Gasteiger partial charge >= 0.3 is 6.03 Å². The molecule has 104 valence electrons. The van der Waals surface area contributed by atoms with E-state index in [1.54, 1.807) is 36.3 Å². The smallest absolute Gasteiger partial charge is 0.319 e. The first-order chi connectivity index (χ1) is 9.74. The molecule has 0 aliphatic rings. The zero-order valence-corrected chi connectivity index (χ0v) is 12.1. The lowest BCUT2D eigenvalue weighted by Crippen LogP contribution is -2.30. The molecule has 1 aromatic heterocycles. The van der Waals surface area contributed by atoms with E-state index in [-0.39, 0.29) is 6.03 Å². The molecule has 1 aromatic carbocycles. The second kappa shape index (κ2) is 7.55. The van der Waals surface area contributed by atoms with E-state index in [0.717, 1.165) is 5.75 Å². The number of pyridine rings is 1. The summed E-state index contributed by atoms with van der Waals surface area (Å²) in [5.41, 5.74) is 1.94. The molecule has 0 radical (unpaired) electrons. The molecule has 1 heterocycles. The van der Waals surface area contributed by atoms with Gasteiger partial charge in [-0.1, -0.05) is 17.7 Å². The van der Waals surface area contributed by atoms with Crippen LogP contribution in [0.3, 0.4) is 0 Å². The molecule has 0 fully saturated rings. The van der Waals surface area contributed by atoms with Gasteiger partial charge < -0.3 is 10.6 Å². The molecule has 2 rings (SSSR count). The number of hydrogen-bond donors (Lipinski definition) is 2. The number of anilines is 1. The van der Waals surface area contributed by atoms with Crippen LogP contribution < -0.4 is 10.6 Å². The van der Waals surface area contributed by atoms with Crippen LogP contribution in [0.1, 0.15) is 5.56 Å². The summed E-state index contributed by atoms with van der Waals surface area (Å²) in [5.74, 6) is 0.837. The molecule has 5 heteroatoms. The Balaban J connectivity index is 1.66. The van der Waals surface area contributed by atoms with Crippen molar-refractivity contribution in [3.05, 3.63) is 54.4 Å². The van der Waals surface area contributed by atoms with E-state index in [1.165, 1.54) is 10.5 Å². The number of thioether (sulfide) groups is 1. The number of rotatable bonds is 5. The van der Waals surface area contributed by atoms with Crippen LogP contribution in [0.5, 0.6) is 0 Å². The van der Waals surface area contributed by atoms with Crippen LogP contribution in [0.25, 0.3) is 0 Å². The first-order valence-corrected chi connectivity index (χ1v) is 7.37. The van der Waals surface area contributed by atoms with E-state index in [4.69, 9.17) is 0 Å². The number of nitrogens with zero attached hydrogens (tertiary/aromatic N) is 1. The van der Waals surface area contributed by atoms with Crippen molar-refractivity contribution in [2.75, 3.05) is 17.6 Å². The molecule has 0 aliphatic heterocycles. The zero-order chi connectivity index (χ0) is 14.2. The summed E-state index contributed by atoms with van der Waals surface area (Å²) in [5, 5.41) is 5.54. The Morgan fingerprint density at radius 2 is 2.05 bits per heavy atom. The highest BCUT2D eigenvalue weighted by Crippen LogP contribution is 2.17. The van der Waals surface area contributed by atoms with Gasteiger partial charge in [-0.3, -0.25) is 4.98 Å². The predicted molar refractivity (Wildman–Crippen MR) is 83.2 cm³/mol. The van der Waals surface area contributed by atoms with E-state index < -0.39 is 0 Å². The van der Waals surface area contributed by atoms with E-state index in [9.17, 15) is 4.79 Å². The molecule has 0 saturated carbocycles. The van der Waals surface area contributed by atoms with Crippen LogP contribution in [0.4, 0.5) is 10.5 Å². The van der Waals surface area contributed by atoms with Crippen LogP contribution in [0, 0.1) is 6.92 Å². The van der Waals surface area contributed by atoms with Gasteiger partial charge in [-0.05, 0) is 31.2 Å². The topological polar surface area (TPSA) is 54.0 Å². The lowest BCUT2D eigenvalue weighted by molar-refractivity contribution is 0.252. The molecule has 0 unspecified atom stereocenters. The van der Waals surface area contributed by atoms with E-state index in [1.807, 2.05) is 0 Å². The minimum absolute atomic E-state index is 0.206. The van der Waals surface area contributed by atoms with Crippen molar-refractivity contribution in [1.82, 2.24) is 10.3 Å². The monoisotopic (exact) mass is 287 g/mol. The normalized spacial score (nSPS) is 10.1. The minimum Gasteiger partial charge on any atom is -0.337 e. The second-order valence-corrected chi connectivity index (χ2v) is 5.45. The Morgan fingerprint density at radius 1 is 1.25 bits per heavy atom. The fourth-order valence-electron chi connectivity index (χ4n) is 1.58. The molecular formula is C15H17N3OS. The lowest BCUT2D eigenvalue weighted by Gasteiger charge is -2.07. The summed E-state index contributed by atoms with van der Waals surface area (Å²) in [6, 6.07) is 11.7. The summed E-state index contributed by atoms with van der Waals surface area (Å²) in [6.45, 7) is 2.68. The van der Waals surface area contributed by atoms with Crippen LogP contribution in [0.2, 0.25) is 0 Å². The lowest BCUT2D eigenvalue weighted by atomic mass is 10.2. The Labute approximate surface area is 123 Å². The zero-order valence-electron chi connectivity index (χ0n) is 11.3. The van der Waals surface area contributed by atoms with Gasteiger partial charge in [0.15, 0.2) is 0 Å². The van der Waals surface area contributed by atoms with Crippen molar-refractivity contribution in [3.8, 4) is 0 Å². The number of amides is 2. The Kier molecular flexibility index (Phi) is 5.43. The van der Waals surface area contributed by atoms with Gasteiger partial charge in [0, 0.05) is 23.4 Å². The Hall–Kier alpha value is -2.01. The molecule has 0 atom stereocenters. The molecule has 20 heavy (non-hydrogen) atoms. The fraction of sp³-hybridized carbons (Fsp3) is 0.200. The Bertz CT molecular complexity index is 543. The molecule has 2 amide bonds. The first-order valence-electron chi connectivity index (χ1n) is 6.38. The molecule has 0 bridgehead atoms. The van der Waals surface area contributed by atoms with Crippen molar-refractivity contribution < 1.29 is 4.79 Å². The van der Waals surface area contributed by atoms with Gasteiger partial charge in [-0.2, -0.15) is 0 Å². The number of urea groups is 1. The van der Waals surface area contributed by atoms with Crippen molar-refractivity contribution in [3.63, 3.8) is 0 Å². The number of carbonyl (C=O) groups is 1.